The molecule has 0 bridgehead atoms. The number of hydrogen-bond acceptors (Lipinski definition) is 5. The van der Waals surface area contributed by atoms with Crippen molar-refractivity contribution in [2.24, 2.45) is 5.84 Å². The summed E-state index contributed by atoms with van der Waals surface area (Å²) in [6.45, 7) is 0. The second kappa shape index (κ2) is 6.17. The highest BCUT2D eigenvalue weighted by molar-refractivity contribution is 7.86. The summed E-state index contributed by atoms with van der Waals surface area (Å²) in [4.78, 5) is 11.7. The second-order valence-electron chi connectivity index (χ2n) is 5.31. The van der Waals surface area contributed by atoms with Crippen LogP contribution in [0, 0.1) is 0 Å². The van der Waals surface area contributed by atoms with Gasteiger partial charge >= 0.3 is 0 Å². The Morgan fingerprint density at radius 1 is 1.00 bits per heavy atom. The van der Waals surface area contributed by atoms with E-state index in [-0.39, 0.29) is 16.6 Å². The number of hydrogen-bond donors (Lipinski definition) is 3. The van der Waals surface area contributed by atoms with E-state index in [1.165, 1.54) is 24.3 Å². The minimum atomic E-state index is -4.84. The van der Waals surface area contributed by atoms with Crippen molar-refractivity contribution in [1.29, 1.82) is 0 Å². The molecule has 3 rings (SSSR count). The number of carbonyl (C=O) groups is 1. The highest BCUT2D eigenvalue weighted by Crippen LogP contribution is 2.39. The lowest BCUT2D eigenvalue weighted by atomic mass is 10.1. The number of carbonyl (C=O) groups excluding carboxylic acids is 1. The third kappa shape index (κ3) is 3.05. The van der Waals surface area contributed by atoms with Crippen LogP contribution in [-0.4, -0.2) is 24.0 Å². The molecule has 0 fully saturated rings. The molecule has 128 valence electrons. The van der Waals surface area contributed by atoms with E-state index < -0.39 is 26.7 Å². The molecule has 1 amide bonds. The van der Waals surface area contributed by atoms with Gasteiger partial charge in [0.15, 0.2) is 4.90 Å². The van der Waals surface area contributed by atoms with E-state index in [1.807, 2.05) is 0 Å². The van der Waals surface area contributed by atoms with Crippen molar-refractivity contribution >= 4 is 32.5 Å². The molecule has 7 nitrogen and oxygen atoms in total. The van der Waals surface area contributed by atoms with Gasteiger partial charge in [0, 0.05) is 10.9 Å². The predicted octanol–water partition coefficient (Wildman–Crippen LogP) is 2.31. The number of fused-ring (bicyclic) bond motifs is 1. The zero-order chi connectivity index (χ0) is 18.2. The molecule has 0 aliphatic carbocycles. The topological polar surface area (TPSA) is 121 Å². The van der Waals surface area contributed by atoms with Gasteiger partial charge in [-0.05, 0) is 23.6 Å². The van der Waals surface area contributed by atoms with Crippen molar-refractivity contribution in [3.8, 4) is 5.75 Å². The number of amides is 1. The van der Waals surface area contributed by atoms with Crippen LogP contribution in [0.3, 0.4) is 0 Å². The lowest BCUT2D eigenvalue weighted by Gasteiger charge is -2.21. The Bertz CT molecular complexity index is 1070. The molecule has 0 unspecified atom stereocenters. The average molecular weight is 358 g/mol. The second-order valence-corrected chi connectivity index (χ2v) is 6.67. The Hall–Kier alpha value is -2.94. The van der Waals surface area contributed by atoms with Gasteiger partial charge in [0.05, 0.1) is 5.69 Å². The van der Waals surface area contributed by atoms with Gasteiger partial charge in [-0.25, -0.2) is 10.9 Å². The van der Waals surface area contributed by atoms with Crippen LogP contribution in [0.1, 0.15) is 10.4 Å². The van der Waals surface area contributed by atoms with Crippen LogP contribution < -0.4 is 10.9 Å². The molecule has 0 aliphatic heterocycles. The molecular weight excluding hydrogens is 344 g/mol. The van der Waals surface area contributed by atoms with Crippen molar-refractivity contribution in [3.63, 3.8) is 0 Å². The monoisotopic (exact) mass is 358 g/mol. The number of aromatic hydroxyl groups is 1. The highest BCUT2D eigenvalue weighted by atomic mass is 32.2. The van der Waals surface area contributed by atoms with Gasteiger partial charge in [-0.1, -0.05) is 42.5 Å². The standard InChI is InChI=1S/C17H14N2O5S/c18-19(17(21)11-6-2-1-3-7-11)14-10-12-8-4-5-9-13(12)15(20)16(14)25(22,23)24/h1-10,20H,18H2,(H,22,23,24). The third-order valence-corrected chi connectivity index (χ3v) is 4.63. The molecule has 0 aliphatic rings. The number of nitrogens with zero attached hydrogens (tertiary/aromatic N) is 1. The minimum absolute atomic E-state index is 0.208. The quantitative estimate of drug-likeness (QED) is 0.286. The highest BCUT2D eigenvalue weighted by Gasteiger charge is 2.28. The van der Waals surface area contributed by atoms with Crippen LogP contribution in [0.15, 0.2) is 65.6 Å². The van der Waals surface area contributed by atoms with Crippen molar-refractivity contribution in [2.75, 3.05) is 5.01 Å². The summed E-state index contributed by atoms with van der Waals surface area (Å²) in [5, 5.41) is 11.6. The predicted molar refractivity (Wildman–Crippen MR) is 92.9 cm³/mol. The summed E-state index contributed by atoms with van der Waals surface area (Å²) < 4.78 is 33.1. The van der Waals surface area contributed by atoms with Crippen LogP contribution in [0.25, 0.3) is 10.8 Å². The van der Waals surface area contributed by atoms with E-state index >= 15 is 0 Å². The Kier molecular flexibility index (Phi) is 4.17. The van der Waals surface area contributed by atoms with Crippen LogP contribution in [0.5, 0.6) is 5.75 Å². The first-order valence-electron chi connectivity index (χ1n) is 7.17. The van der Waals surface area contributed by atoms with Crippen LogP contribution in [0.2, 0.25) is 0 Å². The zero-order valence-corrected chi connectivity index (χ0v) is 13.6. The molecule has 0 radical (unpaired) electrons. The summed E-state index contributed by atoms with van der Waals surface area (Å²) in [6, 6.07) is 15.7. The fourth-order valence-corrected chi connectivity index (χ4v) is 3.33. The normalized spacial score (nSPS) is 11.4. The number of benzene rings is 3. The molecule has 0 aromatic heterocycles. The van der Waals surface area contributed by atoms with E-state index in [9.17, 15) is 22.9 Å². The molecule has 0 heterocycles. The molecule has 0 atom stereocenters. The number of phenolic OH excluding ortho intramolecular Hbond substituents is 1. The Labute approximate surface area is 143 Å². The molecule has 0 saturated carbocycles. The SMILES string of the molecule is NN(C(=O)c1ccccc1)c1cc2ccccc2c(O)c1S(=O)(=O)O. The van der Waals surface area contributed by atoms with E-state index in [4.69, 9.17) is 5.84 Å². The number of hydrazine groups is 1. The fraction of sp³-hybridized carbons (Fsp3) is 0. The minimum Gasteiger partial charge on any atom is -0.506 e. The molecular formula is C17H14N2O5S. The van der Waals surface area contributed by atoms with Crippen LogP contribution in [-0.2, 0) is 10.1 Å². The Balaban J connectivity index is 2.26. The van der Waals surface area contributed by atoms with Crippen molar-refractivity contribution < 1.29 is 22.9 Å². The first-order valence-corrected chi connectivity index (χ1v) is 8.61. The van der Waals surface area contributed by atoms with Crippen LogP contribution in [0.4, 0.5) is 5.69 Å². The van der Waals surface area contributed by atoms with Gasteiger partial charge in [0.25, 0.3) is 16.0 Å². The van der Waals surface area contributed by atoms with E-state index in [0.717, 1.165) is 0 Å². The number of phenols is 1. The number of nitrogens with two attached hydrogens (primary N) is 1. The summed E-state index contributed by atoms with van der Waals surface area (Å²) in [6.07, 6.45) is 0. The maximum Gasteiger partial charge on any atom is 0.300 e. The first-order chi connectivity index (χ1) is 11.8. The van der Waals surface area contributed by atoms with Gasteiger partial charge < -0.3 is 5.11 Å². The van der Waals surface area contributed by atoms with E-state index in [1.54, 1.807) is 36.4 Å². The summed E-state index contributed by atoms with van der Waals surface area (Å²) in [5.41, 5.74) is -0.105. The third-order valence-electron chi connectivity index (χ3n) is 3.71. The van der Waals surface area contributed by atoms with Gasteiger partial charge in [0.1, 0.15) is 5.75 Å². The lowest BCUT2D eigenvalue weighted by molar-refractivity contribution is 0.0986. The van der Waals surface area contributed by atoms with Gasteiger partial charge in [0.2, 0.25) is 0 Å². The van der Waals surface area contributed by atoms with Gasteiger partial charge in [-0.3, -0.25) is 9.35 Å². The van der Waals surface area contributed by atoms with Crippen molar-refractivity contribution in [1.82, 2.24) is 0 Å². The molecule has 3 aromatic carbocycles. The largest absolute Gasteiger partial charge is 0.506 e. The molecule has 0 saturated heterocycles. The Morgan fingerprint density at radius 3 is 2.24 bits per heavy atom. The van der Waals surface area contributed by atoms with E-state index in [2.05, 4.69) is 0 Å². The maximum absolute atomic E-state index is 12.5. The molecule has 8 heteroatoms. The van der Waals surface area contributed by atoms with Crippen LogP contribution >= 0.6 is 0 Å². The average Bonchev–Trinajstić information content (AvgIpc) is 2.60. The lowest BCUT2D eigenvalue weighted by Crippen LogP contribution is -2.38. The number of rotatable bonds is 3. The zero-order valence-electron chi connectivity index (χ0n) is 12.8. The summed E-state index contributed by atoms with van der Waals surface area (Å²) in [5.74, 6) is 4.46. The van der Waals surface area contributed by atoms with Crippen molar-refractivity contribution in [2.45, 2.75) is 4.90 Å². The van der Waals surface area contributed by atoms with Gasteiger partial charge in [-0.2, -0.15) is 8.42 Å². The fourth-order valence-electron chi connectivity index (χ4n) is 2.56. The summed E-state index contributed by atoms with van der Waals surface area (Å²) in [7, 11) is -4.84. The smallest absolute Gasteiger partial charge is 0.300 e. The first kappa shape index (κ1) is 16.9. The summed E-state index contributed by atoms with van der Waals surface area (Å²) >= 11 is 0. The molecule has 3 aromatic rings. The molecule has 25 heavy (non-hydrogen) atoms. The molecule has 0 spiro atoms. The molecule has 4 N–H and O–H groups in total. The Morgan fingerprint density at radius 2 is 1.60 bits per heavy atom. The maximum atomic E-state index is 12.5. The van der Waals surface area contributed by atoms with Gasteiger partial charge in [-0.15, -0.1) is 0 Å². The number of anilines is 1. The van der Waals surface area contributed by atoms with E-state index in [0.29, 0.717) is 10.4 Å². The van der Waals surface area contributed by atoms with Crippen molar-refractivity contribution in [3.05, 3.63) is 66.2 Å².